The van der Waals surface area contributed by atoms with Crippen molar-refractivity contribution < 1.29 is 14.3 Å². The van der Waals surface area contributed by atoms with E-state index in [1.54, 1.807) is 41.7 Å². The second-order valence-electron chi connectivity index (χ2n) is 7.25. The first-order chi connectivity index (χ1) is 14.0. The molecule has 0 aliphatic heterocycles. The summed E-state index contributed by atoms with van der Waals surface area (Å²) >= 11 is 1.55. The van der Waals surface area contributed by atoms with Gasteiger partial charge in [0.2, 0.25) is 0 Å². The fourth-order valence-electron chi connectivity index (χ4n) is 3.51. The van der Waals surface area contributed by atoms with Gasteiger partial charge in [0.25, 0.3) is 11.5 Å². The number of aromatic amines is 1. The summed E-state index contributed by atoms with van der Waals surface area (Å²) in [5.74, 6) is -0.0386. The molecule has 1 aliphatic rings. The number of esters is 1. The minimum absolute atomic E-state index is 0.149. The van der Waals surface area contributed by atoms with Gasteiger partial charge in [0, 0.05) is 10.4 Å². The molecule has 0 saturated carbocycles. The molecule has 0 spiro atoms. The molecular weight excluding hydrogens is 390 g/mol. The average molecular weight is 411 g/mol. The van der Waals surface area contributed by atoms with E-state index in [9.17, 15) is 14.4 Å². The van der Waals surface area contributed by atoms with E-state index in [2.05, 4.69) is 22.2 Å². The van der Waals surface area contributed by atoms with Crippen molar-refractivity contribution in [3.05, 3.63) is 62.5 Å². The Kier molecular flexibility index (Phi) is 5.44. The van der Waals surface area contributed by atoms with Gasteiger partial charge < -0.3 is 15.0 Å². The molecule has 1 aliphatic carbocycles. The third-order valence-corrected chi connectivity index (χ3v) is 6.16. The topological polar surface area (TPSA) is 101 Å². The Morgan fingerprint density at radius 3 is 2.90 bits per heavy atom. The van der Waals surface area contributed by atoms with Gasteiger partial charge in [0.1, 0.15) is 23.8 Å². The van der Waals surface area contributed by atoms with Crippen LogP contribution >= 0.6 is 11.3 Å². The van der Waals surface area contributed by atoms with Crippen molar-refractivity contribution in [1.29, 1.82) is 0 Å². The zero-order chi connectivity index (χ0) is 20.4. The van der Waals surface area contributed by atoms with Gasteiger partial charge in [-0.3, -0.25) is 14.4 Å². The third kappa shape index (κ3) is 4.22. The largest absolute Gasteiger partial charge is 0.456 e. The van der Waals surface area contributed by atoms with Crippen molar-refractivity contribution in [2.75, 3.05) is 6.54 Å². The van der Waals surface area contributed by atoms with Crippen molar-refractivity contribution in [2.45, 2.75) is 32.8 Å². The van der Waals surface area contributed by atoms with E-state index in [4.69, 9.17) is 4.74 Å². The highest BCUT2D eigenvalue weighted by Gasteiger charge is 2.23. The molecule has 1 atom stereocenters. The summed E-state index contributed by atoms with van der Waals surface area (Å²) in [6.07, 6.45) is 2.95. The van der Waals surface area contributed by atoms with E-state index < -0.39 is 5.97 Å². The molecule has 7 nitrogen and oxygen atoms in total. The van der Waals surface area contributed by atoms with Gasteiger partial charge >= 0.3 is 5.97 Å². The maximum absolute atomic E-state index is 12.5. The van der Waals surface area contributed by atoms with E-state index in [-0.39, 0.29) is 24.6 Å². The number of H-pyrrole nitrogens is 1. The van der Waals surface area contributed by atoms with E-state index in [0.717, 1.165) is 24.8 Å². The van der Waals surface area contributed by atoms with E-state index in [1.165, 1.54) is 4.88 Å². The summed E-state index contributed by atoms with van der Waals surface area (Å²) in [7, 11) is 0. The number of carbonyl (C=O) groups excluding carboxylic acids is 2. The molecule has 0 saturated heterocycles. The Labute approximate surface area is 171 Å². The number of nitrogens with one attached hydrogen (secondary N) is 2. The lowest BCUT2D eigenvalue weighted by Crippen LogP contribution is -2.30. The minimum Gasteiger partial charge on any atom is -0.456 e. The maximum Gasteiger partial charge on any atom is 0.325 e. The molecule has 29 heavy (non-hydrogen) atoms. The molecular formula is C21H21N3O4S. The SMILES string of the molecule is C[C@@H]1CCc2c(sc3nc(COC(=O)CNC(=O)c4ccccc4)[nH]c(=O)c23)C1. The number of hydrogen-bond acceptors (Lipinski definition) is 6. The van der Waals surface area contributed by atoms with Crippen LogP contribution in [0.2, 0.25) is 0 Å². The Balaban J connectivity index is 1.39. The molecule has 1 amide bonds. The Hall–Kier alpha value is -3.00. The van der Waals surface area contributed by atoms with Crippen LogP contribution in [0.5, 0.6) is 0 Å². The zero-order valence-electron chi connectivity index (χ0n) is 16.0. The van der Waals surface area contributed by atoms with Gasteiger partial charge in [-0.2, -0.15) is 0 Å². The van der Waals surface area contributed by atoms with Gasteiger partial charge in [-0.05, 0) is 42.9 Å². The average Bonchev–Trinajstić information content (AvgIpc) is 3.08. The lowest BCUT2D eigenvalue weighted by molar-refractivity contribution is -0.143. The molecule has 0 radical (unpaired) electrons. The van der Waals surface area contributed by atoms with Crippen LogP contribution in [0.3, 0.4) is 0 Å². The van der Waals surface area contributed by atoms with Crippen molar-refractivity contribution in [3.63, 3.8) is 0 Å². The Morgan fingerprint density at radius 1 is 1.31 bits per heavy atom. The van der Waals surface area contributed by atoms with Gasteiger partial charge in [0.05, 0.1) is 5.39 Å². The second-order valence-corrected chi connectivity index (χ2v) is 8.34. The molecule has 3 aromatic rings. The van der Waals surface area contributed by atoms with Crippen LogP contribution in [0, 0.1) is 5.92 Å². The monoisotopic (exact) mass is 411 g/mol. The predicted octanol–water partition coefficient (Wildman–Crippen LogP) is 2.58. The normalized spacial score (nSPS) is 15.7. The van der Waals surface area contributed by atoms with E-state index >= 15 is 0 Å². The fraction of sp³-hybridized carbons (Fsp3) is 0.333. The molecule has 8 heteroatoms. The van der Waals surface area contributed by atoms with Gasteiger partial charge in [-0.25, -0.2) is 4.98 Å². The minimum atomic E-state index is -0.601. The van der Waals surface area contributed by atoms with Crippen LogP contribution in [-0.2, 0) is 29.0 Å². The van der Waals surface area contributed by atoms with Gasteiger partial charge in [0.15, 0.2) is 0 Å². The van der Waals surface area contributed by atoms with Crippen LogP contribution in [-0.4, -0.2) is 28.4 Å². The fourth-order valence-corrected chi connectivity index (χ4v) is 4.91. The number of rotatable bonds is 5. The van der Waals surface area contributed by atoms with Crippen LogP contribution < -0.4 is 10.9 Å². The number of thiophene rings is 1. The Morgan fingerprint density at radius 2 is 2.10 bits per heavy atom. The highest BCUT2D eigenvalue weighted by Crippen LogP contribution is 2.35. The van der Waals surface area contributed by atoms with Crippen LogP contribution in [0.25, 0.3) is 10.2 Å². The number of fused-ring (bicyclic) bond motifs is 3. The lowest BCUT2D eigenvalue weighted by atomic mass is 9.89. The van der Waals surface area contributed by atoms with E-state index in [1.807, 2.05) is 0 Å². The zero-order valence-corrected chi connectivity index (χ0v) is 16.8. The van der Waals surface area contributed by atoms with Crippen LogP contribution in [0.4, 0.5) is 0 Å². The summed E-state index contributed by atoms with van der Waals surface area (Å²) in [4.78, 5) is 45.6. The molecule has 1 aromatic carbocycles. The number of nitrogens with zero attached hydrogens (tertiary/aromatic N) is 1. The van der Waals surface area contributed by atoms with Crippen molar-refractivity contribution in [3.8, 4) is 0 Å². The van der Waals surface area contributed by atoms with E-state index in [0.29, 0.717) is 27.5 Å². The van der Waals surface area contributed by atoms with Crippen LogP contribution in [0.15, 0.2) is 35.1 Å². The number of hydrogen-bond donors (Lipinski definition) is 2. The molecule has 2 aromatic heterocycles. The quantitative estimate of drug-likeness (QED) is 0.629. The number of amides is 1. The first-order valence-electron chi connectivity index (χ1n) is 9.53. The first-order valence-corrected chi connectivity index (χ1v) is 10.3. The molecule has 0 bridgehead atoms. The smallest absolute Gasteiger partial charge is 0.325 e. The summed E-state index contributed by atoms with van der Waals surface area (Å²) in [5.41, 5.74) is 1.39. The van der Waals surface area contributed by atoms with Gasteiger partial charge in [-0.1, -0.05) is 25.1 Å². The lowest BCUT2D eigenvalue weighted by Gasteiger charge is -2.17. The molecule has 2 N–H and O–H groups in total. The predicted molar refractivity (Wildman–Crippen MR) is 110 cm³/mol. The number of benzene rings is 1. The molecule has 0 unspecified atom stereocenters. The summed E-state index contributed by atoms with van der Waals surface area (Å²) in [6.45, 7) is 1.81. The molecule has 4 rings (SSSR count). The third-order valence-electron chi connectivity index (χ3n) is 5.01. The highest BCUT2D eigenvalue weighted by atomic mass is 32.1. The Bertz CT molecular complexity index is 1120. The van der Waals surface area contributed by atoms with Crippen molar-refractivity contribution >= 4 is 33.4 Å². The van der Waals surface area contributed by atoms with Gasteiger partial charge in [-0.15, -0.1) is 11.3 Å². The van der Waals surface area contributed by atoms with Crippen molar-refractivity contribution in [1.82, 2.24) is 15.3 Å². The summed E-state index contributed by atoms with van der Waals surface area (Å²) in [5, 5.41) is 3.18. The maximum atomic E-state index is 12.5. The number of aryl methyl sites for hydroxylation is 1. The number of carbonyl (C=O) groups is 2. The highest BCUT2D eigenvalue weighted by molar-refractivity contribution is 7.18. The summed E-state index contributed by atoms with van der Waals surface area (Å²) in [6, 6.07) is 8.61. The molecule has 150 valence electrons. The van der Waals surface area contributed by atoms with Crippen LogP contribution in [0.1, 0.15) is 40.0 Å². The van der Waals surface area contributed by atoms with Crippen molar-refractivity contribution in [2.24, 2.45) is 5.92 Å². The first kappa shape index (κ1) is 19.3. The summed E-state index contributed by atoms with van der Waals surface area (Å²) < 4.78 is 5.16. The second kappa shape index (κ2) is 8.16. The number of ether oxygens (including phenoxy) is 1. The standard InChI is InChI=1S/C21H21N3O4S/c1-12-7-8-14-15(9-12)29-21-18(14)20(27)23-16(24-21)11-28-17(25)10-22-19(26)13-5-3-2-4-6-13/h2-6,12H,7-11H2,1H3,(H,22,26)(H,23,24,27)/t12-/m1/s1. The molecule has 2 heterocycles. The molecule has 0 fully saturated rings. The number of aromatic nitrogens is 2.